The molecule has 2 N–H and O–H groups in total. The van der Waals surface area contributed by atoms with Crippen LogP contribution in [0.3, 0.4) is 0 Å². The first-order chi connectivity index (χ1) is 12.1. The van der Waals surface area contributed by atoms with Gasteiger partial charge in [0.05, 0.1) is 17.2 Å². The van der Waals surface area contributed by atoms with Gasteiger partial charge < -0.3 is 15.1 Å². The second-order valence-electron chi connectivity index (χ2n) is 5.75. The van der Waals surface area contributed by atoms with Crippen LogP contribution in [0.25, 0.3) is 11.0 Å². The lowest BCUT2D eigenvalue weighted by molar-refractivity contribution is 0.534. The molecule has 0 aliphatic carbocycles. The number of benzene rings is 1. The monoisotopic (exact) mass is 488 g/mol. The molecule has 3 rings (SSSR count). The number of furan rings is 1. The van der Waals surface area contributed by atoms with Gasteiger partial charge in [0.1, 0.15) is 17.2 Å². The largest absolute Gasteiger partial charge is 0.459 e. The fourth-order valence-corrected chi connectivity index (χ4v) is 3.28. The minimum atomic E-state index is -0.259. The van der Waals surface area contributed by atoms with Gasteiger partial charge in [0, 0.05) is 36.3 Å². The Kier molecular flexibility index (Phi) is 7.39. The van der Waals surface area contributed by atoms with E-state index in [1.54, 1.807) is 24.5 Å². The molecular weight excluding hydrogens is 466 g/mol. The summed E-state index contributed by atoms with van der Waals surface area (Å²) in [5.74, 6) is 1.21. The molecule has 8 heteroatoms. The normalized spacial score (nSPS) is 11.5. The van der Waals surface area contributed by atoms with E-state index in [0.29, 0.717) is 18.1 Å². The van der Waals surface area contributed by atoms with Crippen LogP contribution < -0.4 is 10.6 Å². The Labute approximate surface area is 173 Å². The molecule has 2 heterocycles. The Morgan fingerprint density at radius 3 is 2.81 bits per heavy atom. The molecule has 5 nitrogen and oxygen atoms in total. The zero-order valence-corrected chi connectivity index (χ0v) is 18.1. The number of rotatable bonds is 5. The van der Waals surface area contributed by atoms with E-state index in [1.165, 1.54) is 12.1 Å². The highest BCUT2D eigenvalue weighted by molar-refractivity contribution is 14.0. The average molecular weight is 488 g/mol. The molecular formula is C18H22FIN4OS. The molecule has 0 saturated carbocycles. The molecule has 140 valence electrons. The number of halogens is 2. The minimum absolute atomic E-state index is 0. The van der Waals surface area contributed by atoms with Crippen molar-refractivity contribution in [2.45, 2.75) is 26.8 Å². The third kappa shape index (κ3) is 4.94. The molecule has 0 bridgehead atoms. The molecule has 0 atom stereocenters. The lowest BCUT2D eigenvalue weighted by Gasteiger charge is -2.10. The summed E-state index contributed by atoms with van der Waals surface area (Å²) in [5, 5.41) is 10.4. The van der Waals surface area contributed by atoms with Crippen LogP contribution in [-0.2, 0) is 13.0 Å². The summed E-state index contributed by atoms with van der Waals surface area (Å²) in [6.45, 7) is 5.16. The van der Waals surface area contributed by atoms with Crippen molar-refractivity contribution >= 4 is 52.2 Å². The first-order valence-corrected chi connectivity index (χ1v) is 8.98. The highest BCUT2D eigenvalue weighted by Gasteiger charge is 2.11. The van der Waals surface area contributed by atoms with Gasteiger partial charge in [-0.05, 0) is 32.0 Å². The van der Waals surface area contributed by atoms with Crippen molar-refractivity contribution in [3.05, 3.63) is 51.4 Å². The highest BCUT2D eigenvalue weighted by Crippen LogP contribution is 2.25. The summed E-state index contributed by atoms with van der Waals surface area (Å²) >= 11 is 1.66. The molecule has 0 aliphatic heterocycles. The fraction of sp³-hybridized carbons (Fsp3) is 0.333. The van der Waals surface area contributed by atoms with E-state index in [1.807, 2.05) is 13.8 Å². The summed E-state index contributed by atoms with van der Waals surface area (Å²) in [4.78, 5) is 8.65. The van der Waals surface area contributed by atoms with Crippen LogP contribution in [-0.4, -0.2) is 24.5 Å². The third-order valence-electron chi connectivity index (χ3n) is 3.98. The van der Waals surface area contributed by atoms with Gasteiger partial charge in [-0.2, -0.15) is 0 Å². The molecule has 0 spiro atoms. The average Bonchev–Trinajstić information content (AvgIpc) is 3.15. The van der Waals surface area contributed by atoms with Gasteiger partial charge in [0.25, 0.3) is 0 Å². The van der Waals surface area contributed by atoms with E-state index in [-0.39, 0.29) is 29.8 Å². The van der Waals surface area contributed by atoms with Crippen molar-refractivity contribution in [3.8, 4) is 0 Å². The van der Waals surface area contributed by atoms with E-state index < -0.39 is 0 Å². The van der Waals surface area contributed by atoms with E-state index in [2.05, 4.69) is 26.0 Å². The molecule has 2 aromatic heterocycles. The maximum absolute atomic E-state index is 13.4. The van der Waals surface area contributed by atoms with Crippen molar-refractivity contribution in [2.24, 2.45) is 4.99 Å². The quantitative estimate of drug-likeness (QED) is 0.322. The van der Waals surface area contributed by atoms with Gasteiger partial charge in [-0.15, -0.1) is 35.3 Å². The molecule has 0 amide bonds. The Hall–Kier alpha value is -1.68. The van der Waals surface area contributed by atoms with Gasteiger partial charge in [-0.1, -0.05) is 0 Å². The first-order valence-electron chi connectivity index (χ1n) is 8.10. The lowest BCUT2D eigenvalue weighted by Crippen LogP contribution is -2.37. The Morgan fingerprint density at radius 1 is 1.31 bits per heavy atom. The number of nitrogens with zero attached hydrogens (tertiary/aromatic N) is 2. The molecule has 0 aliphatic rings. The van der Waals surface area contributed by atoms with E-state index >= 15 is 0 Å². The Balaban J connectivity index is 0.00000243. The van der Waals surface area contributed by atoms with E-state index in [9.17, 15) is 4.39 Å². The highest BCUT2D eigenvalue weighted by atomic mass is 127. The summed E-state index contributed by atoms with van der Waals surface area (Å²) in [6, 6.07) is 4.56. The number of fused-ring (bicyclic) bond motifs is 1. The number of hydrogen-bond donors (Lipinski definition) is 2. The summed E-state index contributed by atoms with van der Waals surface area (Å²) in [7, 11) is 1.73. The van der Waals surface area contributed by atoms with Crippen molar-refractivity contribution in [2.75, 3.05) is 13.6 Å². The van der Waals surface area contributed by atoms with Crippen molar-refractivity contribution < 1.29 is 8.81 Å². The zero-order chi connectivity index (χ0) is 17.8. The second-order valence-corrected chi connectivity index (χ2v) is 6.81. The number of thiazole rings is 1. The summed E-state index contributed by atoms with van der Waals surface area (Å²) in [6.07, 6.45) is 0.841. The van der Waals surface area contributed by atoms with Crippen LogP contribution in [0.5, 0.6) is 0 Å². The Bertz CT molecular complexity index is 906. The molecule has 0 fully saturated rings. The van der Waals surface area contributed by atoms with Gasteiger partial charge in [-0.3, -0.25) is 4.99 Å². The van der Waals surface area contributed by atoms with Crippen LogP contribution >= 0.6 is 35.3 Å². The first kappa shape index (κ1) is 20.6. The van der Waals surface area contributed by atoms with Gasteiger partial charge in [0.15, 0.2) is 5.96 Å². The molecule has 3 aromatic rings. The number of nitrogens with one attached hydrogen (secondary N) is 2. The van der Waals surface area contributed by atoms with E-state index in [4.69, 9.17) is 4.42 Å². The number of aliphatic imine (C=N–C) groups is 1. The van der Waals surface area contributed by atoms with E-state index in [0.717, 1.165) is 40.4 Å². The number of aryl methyl sites for hydroxylation is 2. The van der Waals surface area contributed by atoms with Crippen LogP contribution in [0.1, 0.15) is 22.0 Å². The van der Waals surface area contributed by atoms with Crippen LogP contribution in [0.15, 0.2) is 33.0 Å². The lowest BCUT2D eigenvalue weighted by atomic mass is 10.1. The molecule has 26 heavy (non-hydrogen) atoms. The molecule has 0 unspecified atom stereocenters. The summed E-state index contributed by atoms with van der Waals surface area (Å²) < 4.78 is 19.2. The number of aromatic nitrogens is 1. The van der Waals surface area contributed by atoms with Gasteiger partial charge in [-0.25, -0.2) is 9.37 Å². The van der Waals surface area contributed by atoms with Crippen molar-refractivity contribution in [1.82, 2.24) is 15.6 Å². The van der Waals surface area contributed by atoms with Crippen molar-refractivity contribution in [1.29, 1.82) is 0 Å². The maximum Gasteiger partial charge on any atom is 0.191 e. The third-order valence-corrected chi connectivity index (χ3v) is 4.80. The standard InChI is InChI=1S/C18H21FN4OS.HI/c1-11-15-8-13(19)4-5-16(15)24-17(11)9-22-18(20-3)21-7-6-14-10-25-12(2)23-14;/h4-5,8,10H,6-7,9H2,1-3H3,(H2,20,21,22);1H. The fourth-order valence-electron chi connectivity index (χ4n) is 2.63. The Morgan fingerprint density at radius 2 is 2.12 bits per heavy atom. The van der Waals surface area contributed by atoms with Crippen LogP contribution in [0.2, 0.25) is 0 Å². The SMILES string of the molecule is CN=C(NCCc1csc(C)n1)NCc1oc2ccc(F)cc2c1C.I. The summed E-state index contributed by atoms with van der Waals surface area (Å²) in [5.41, 5.74) is 2.72. The van der Waals surface area contributed by atoms with Crippen molar-refractivity contribution in [3.63, 3.8) is 0 Å². The molecule has 0 radical (unpaired) electrons. The maximum atomic E-state index is 13.4. The van der Waals surface area contributed by atoms with Crippen LogP contribution in [0, 0.1) is 19.7 Å². The number of hydrogen-bond acceptors (Lipinski definition) is 4. The smallest absolute Gasteiger partial charge is 0.191 e. The molecule has 0 saturated heterocycles. The topological polar surface area (TPSA) is 62.5 Å². The number of guanidine groups is 1. The predicted molar refractivity (Wildman–Crippen MR) is 115 cm³/mol. The van der Waals surface area contributed by atoms with Gasteiger partial charge >= 0.3 is 0 Å². The minimum Gasteiger partial charge on any atom is -0.459 e. The predicted octanol–water partition coefficient (Wildman–Crippen LogP) is 4.17. The molecule has 1 aromatic carbocycles. The van der Waals surface area contributed by atoms with Gasteiger partial charge in [0.2, 0.25) is 0 Å². The second kappa shape index (κ2) is 9.31. The van der Waals surface area contributed by atoms with Crippen LogP contribution in [0.4, 0.5) is 4.39 Å². The zero-order valence-electron chi connectivity index (χ0n) is 14.9.